The number of nitrogens with two attached hydrogens (primary N) is 1. The van der Waals surface area contributed by atoms with Crippen molar-refractivity contribution < 1.29 is 9.53 Å². The Bertz CT molecular complexity index is 433. The molecule has 84 valence electrons. The molecule has 0 spiro atoms. The first kappa shape index (κ1) is 9.81. The molecule has 2 aliphatic rings. The van der Waals surface area contributed by atoms with Gasteiger partial charge in [-0.15, -0.1) is 0 Å². The second-order valence-corrected chi connectivity index (χ2v) is 4.25. The maximum absolute atomic E-state index is 12.0. The van der Waals surface area contributed by atoms with Crippen LogP contribution in [-0.4, -0.2) is 24.7 Å². The Labute approximate surface area is 94.0 Å². The van der Waals surface area contributed by atoms with Gasteiger partial charge in [0, 0.05) is 18.7 Å². The van der Waals surface area contributed by atoms with Gasteiger partial charge in [0.25, 0.3) is 5.91 Å². The molecule has 0 aromatic heterocycles. The Morgan fingerprint density at radius 1 is 1.44 bits per heavy atom. The lowest BCUT2D eigenvalue weighted by atomic mass is 10.1. The third-order valence-electron chi connectivity index (χ3n) is 3.33. The first-order valence-electron chi connectivity index (χ1n) is 5.54. The summed E-state index contributed by atoms with van der Waals surface area (Å²) < 4.78 is 5.37. The van der Waals surface area contributed by atoms with E-state index in [1.54, 1.807) is 0 Å². The van der Waals surface area contributed by atoms with E-state index in [0.717, 1.165) is 17.7 Å². The molecular weight excluding hydrogens is 204 g/mol. The minimum atomic E-state index is -0.226. The molecule has 1 amide bonds. The summed E-state index contributed by atoms with van der Waals surface area (Å²) in [6.07, 6.45) is 0.591. The zero-order chi connectivity index (χ0) is 11.1. The maximum atomic E-state index is 12.0. The SMILES string of the molecule is NCc1ccccc1N1C(=O)C2CC1CO2. The predicted molar refractivity (Wildman–Crippen MR) is 60.0 cm³/mol. The Balaban J connectivity index is 2.01. The van der Waals surface area contributed by atoms with Crippen LogP contribution in [0, 0.1) is 0 Å². The van der Waals surface area contributed by atoms with Crippen molar-refractivity contribution >= 4 is 11.6 Å². The molecule has 0 aliphatic carbocycles. The van der Waals surface area contributed by atoms with Crippen LogP contribution in [0.3, 0.4) is 0 Å². The van der Waals surface area contributed by atoms with Gasteiger partial charge in [-0.05, 0) is 11.6 Å². The second-order valence-electron chi connectivity index (χ2n) is 4.25. The van der Waals surface area contributed by atoms with Crippen molar-refractivity contribution in [3.05, 3.63) is 29.8 Å². The molecule has 3 rings (SSSR count). The number of morpholine rings is 1. The molecule has 4 nitrogen and oxygen atoms in total. The van der Waals surface area contributed by atoms with E-state index in [-0.39, 0.29) is 18.1 Å². The number of benzene rings is 1. The molecule has 2 aliphatic heterocycles. The van der Waals surface area contributed by atoms with E-state index < -0.39 is 0 Å². The minimum Gasteiger partial charge on any atom is -0.366 e. The molecule has 2 heterocycles. The van der Waals surface area contributed by atoms with Crippen LogP contribution in [0.4, 0.5) is 5.69 Å². The fourth-order valence-electron chi connectivity index (χ4n) is 2.53. The van der Waals surface area contributed by atoms with Crippen molar-refractivity contribution in [2.75, 3.05) is 11.5 Å². The molecule has 2 fully saturated rings. The Morgan fingerprint density at radius 2 is 2.25 bits per heavy atom. The largest absolute Gasteiger partial charge is 0.366 e. The average molecular weight is 218 g/mol. The van der Waals surface area contributed by atoms with Gasteiger partial charge in [0.2, 0.25) is 0 Å². The van der Waals surface area contributed by atoms with Crippen LogP contribution >= 0.6 is 0 Å². The van der Waals surface area contributed by atoms with Crippen LogP contribution in [0.2, 0.25) is 0 Å². The quantitative estimate of drug-likeness (QED) is 0.793. The number of hydrogen-bond donors (Lipinski definition) is 1. The van der Waals surface area contributed by atoms with E-state index >= 15 is 0 Å². The summed E-state index contributed by atoms with van der Waals surface area (Å²) >= 11 is 0. The zero-order valence-electron chi connectivity index (χ0n) is 8.93. The molecule has 2 atom stereocenters. The smallest absolute Gasteiger partial charge is 0.256 e. The van der Waals surface area contributed by atoms with Gasteiger partial charge in [-0.1, -0.05) is 18.2 Å². The van der Waals surface area contributed by atoms with Gasteiger partial charge in [0.05, 0.1) is 12.6 Å². The number of ether oxygens (including phenoxy) is 1. The number of rotatable bonds is 2. The molecule has 0 saturated carbocycles. The van der Waals surface area contributed by atoms with E-state index in [2.05, 4.69) is 0 Å². The standard InChI is InChI=1S/C12H14N2O2/c13-6-8-3-1-2-4-10(8)14-9-5-11(12(14)15)16-7-9/h1-4,9,11H,5-7,13H2. The fourth-order valence-corrected chi connectivity index (χ4v) is 2.53. The summed E-state index contributed by atoms with van der Waals surface area (Å²) in [7, 11) is 0. The molecule has 1 aromatic carbocycles. The zero-order valence-corrected chi connectivity index (χ0v) is 8.93. The van der Waals surface area contributed by atoms with Crippen LogP contribution in [-0.2, 0) is 16.1 Å². The van der Waals surface area contributed by atoms with E-state index in [1.807, 2.05) is 29.2 Å². The first-order chi connectivity index (χ1) is 7.81. The number of carbonyl (C=O) groups is 1. The highest BCUT2D eigenvalue weighted by atomic mass is 16.5. The molecular formula is C12H14N2O2. The van der Waals surface area contributed by atoms with Crippen LogP contribution in [0.15, 0.2) is 24.3 Å². The number of carbonyl (C=O) groups excluding carboxylic acids is 1. The lowest BCUT2D eigenvalue weighted by Gasteiger charge is -2.28. The van der Waals surface area contributed by atoms with Crippen molar-refractivity contribution in [2.24, 2.45) is 5.73 Å². The average Bonchev–Trinajstić information content (AvgIpc) is 2.89. The van der Waals surface area contributed by atoms with E-state index in [4.69, 9.17) is 10.5 Å². The van der Waals surface area contributed by atoms with E-state index in [0.29, 0.717) is 13.2 Å². The Hall–Kier alpha value is -1.39. The van der Waals surface area contributed by atoms with Crippen molar-refractivity contribution in [1.29, 1.82) is 0 Å². The monoisotopic (exact) mass is 218 g/mol. The summed E-state index contributed by atoms with van der Waals surface area (Å²) in [5, 5.41) is 0. The molecule has 4 heteroatoms. The Kier molecular flexibility index (Phi) is 2.19. The summed E-state index contributed by atoms with van der Waals surface area (Å²) in [6, 6.07) is 8.01. The Morgan fingerprint density at radius 3 is 2.94 bits per heavy atom. The van der Waals surface area contributed by atoms with Gasteiger partial charge in [-0.3, -0.25) is 4.79 Å². The lowest BCUT2D eigenvalue weighted by molar-refractivity contribution is -0.128. The summed E-state index contributed by atoms with van der Waals surface area (Å²) in [5.41, 5.74) is 7.66. The number of para-hydroxylation sites is 1. The summed E-state index contributed by atoms with van der Waals surface area (Å²) in [5.74, 6) is 0.0807. The molecule has 16 heavy (non-hydrogen) atoms. The summed E-state index contributed by atoms with van der Waals surface area (Å²) in [6.45, 7) is 1.10. The fraction of sp³-hybridized carbons (Fsp3) is 0.417. The van der Waals surface area contributed by atoms with E-state index in [9.17, 15) is 4.79 Å². The van der Waals surface area contributed by atoms with E-state index in [1.165, 1.54) is 0 Å². The first-order valence-corrected chi connectivity index (χ1v) is 5.54. The van der Waals surface area contributed by atoms with Gasteiger partial charge >= 0.3 is 0 Å². The number of hydrogen-bond acceptors (Lipinski definition) is 3. The van der Waals surface area contributed by atoms with Crippen LogP contribution in [0.5, 0.6) is 0 Å². The maximum Gasteiger partial charge on any atom is 0.256 e. The molecule has 0 radical (unpaired) electrons. The summed E-state index contributed by atoms with van der Waals surface area (Å²) in [4.78, 5) is 13.9. The predicted octanol–water partition coefficient (Wildman–Crippen LogP) is 0.649. The number of amides is 1. The van der Waals surface area contributed by atoms with Gasteiger partial charge in [-0.2, -0.15) is 0 Å². The highest BCUT2D eigenvalue weighted by Gasteiger charge is 2.46. The molecule has 2 N–H and O–H groups in total. The van der Waals surface area contributed by atoms with Crippen LogP contribution < -0.4 is 10.6 Å². The highest BCUT2D eigenvalue weighted by Crippen LogP contribution is 2.35. The van der Waals surface area contributed by atoms with Crippen molar-refractivity contribution in [3.8, 4) is 0 Å². The normalized spacial score (nSPS) is 27.8. The lowest BCUT2D eigenvalue weighted by Crippen LogP contribution is -2.42. The topological polar surface area (TPSA) is 55.6 Å². The third-order valence-corrected chi connectivity index (χ3v) is 3.33. The molecule has 1 aromatic rings. The molecule has 2 saturated heterocycles. The van der Waals surface area contributed by atoms with Gasteiger partial charge < -0.3 is 15.4 Å². The van der Waals surface area contributed by atoms with Crippen molar-refractivity contribution in [2.45, 2.75) is 25.1 Å². The van der Waals surface area contributed by atoms with Gasteiger partial charge in [0.1, 0.15) is 6.10 Å². The molecule has 2 bridgehead atoms. The van der Waals surface area contributed by atoms with Crippen LogP contribution in [0.1, 0.15) is 12.0 Å². The molecule has 2 unspecified atom stereocenters. The second kappa shape index (κ2) is 3.57. The third kappa shape index (κ3) is 1.27. The minimum absolute atomic E-state index is 0.0807. The van der Waals surface area contributed by atoms with Gasteiger partial charge in [0.15, 0.2) is 0 Å². The highest BCUT2D eigenvalue weighted by molar-refractivity contribution is 6.01. The van der Waals surface area contributed by atoms with Crippen molar-refractivity contribution in [3.63, 3.8) is 0 Å². The van der Waals surface area contributed by atoms with Crippen LogP contribution in [0.25, 0.3) is 0 Å². The number of anilines is 1. The number of nitrogens with zero attached hydrogens (tertiary/aromatic N) is 1. The van der Waals surface area contributed by atoms with Crippen molar-refractivity contribution in [1.82, 2.24) is 0 Å². The van der Waals surface area contributed by atoms with Gasteiger partial charge in [-0.25, -0.2) is 0 Å². The number of fused-ring (bicyclic) bond motifs is 2.